The monoisotopic (exact) mass is 495 g/mol. The summed E-state index contributed by atoms with van der Waals surface area (Å²) >= 11 is 5.30. The van der Waals surface area contributed by atoms with Gasteiger partial charge in [0, 0.05) is 20.6 Å². The molecule has 1 aliphatic rings. The third-order valence-corrected chi connectivity index (χ3v) is 8.01. The minimum atomic E-state index is -0.501. The lowest BCUT2D eigenvalue weighted by molar-refractivity contribution is -0.118. The summed E-state index contributed by atoms with van der Waals surface area (Å²) in [5, 5.41) is 21.0. The van der Waals surface area contributed by atoms with Gasteiger partial charge in [-0.1, -0.05) is 30.4 Å². The molecule has 0 spiro atoms. The highest BCUT2D eigenvalue weighted by Gasteiger charge is 2.38. The summed E-state index contributed by atoms with van der Waals surface area (Å²) in [6.07, 6.45) is 14.1. The third-order valence-electron chi connectivity index (χ3n) is 5.82. The van der Waals surface area contributed by atoms with Gasteiger partial charge in [0.05, 0.1) is 12.2 Å². The first-order valence-electron chi connectivity index (χ1n) is 10.7. The van der Waals surface area contributed by atoms with E-state index in [1.165, 1.54) is 9.75 Å². The van der Waals surface area contributed by atoms with Crippen LogP contribution in [0.15, 0.2) is 47.5 Å². The summed E-state index contributed by atoms with van der Waals surface area (Å²) in [6, 6.07) is 2.13. The van der Waals surface area contributed by atoms with Crippen molar-refractivity contribution >= 4 is 33.2 Å². The molecule has 0 aromatic carbocycles. The van der Waals surface area contributed by atoms with Crippen LogP contribution in [-0.4, -0.2) is 28.3 Å². The van der Waals surface area contributed by atoms with Gasteiger partial charge in [-0.15, -0.1) is 17.9 Å². The summed E-state index contributed by atoms with van der Waals surface area (Å²) in [5.74, 6) is 0.224. The number of aliphatic hydroxyl groups excluding tert-OH is 2. The first-order valence-corrected chi connectivity index (χ1v) is 12.3. The highest BCUT2D eigenvalue weighted by Crippen LogP contribution is 2.41. The molecule has 0 radical (unpaired) electrons. The van der Waals surface area contributed by atoms with Crippen LogP contribution in [0.2, 0.25) is 0 Å². The van der Waals surface area contributed by atoms with Gasteiger partial charge in [-0.2, -0.15) is 0 Å². The van der Waals surface area contributed by atoms with Crippen LogP contribution >= 0.6 is 27.3 Å². The molecule has 1 aliphatic carbocycles. The lowest BCUT2D eigenvalue weighted by atomic mass is 9.86. The number of carbonyl (C=O) groups excluding carboxylic acids is 1. The van der Waals surface area contributed by atoms with Gasteiger partial charge < -0.3 is 15.9 Å². The second kappa shape index (κ2) is 12.6. The van der Waals surface area contributed by atoms with Crippen LogP contribution in [0.5, 0.6) is 0 Å². The predicted molar refractivity (Wildman–Crippen MR) is 128 cm³/mol. The average Bonchev–Trinajstić information content (AvgIpc) is 3.19. The lowest BCUT2D eigenvalue weighted by Gasteiger charge is -2.20. The van der Waals surface area contributed by atoms with E-state index < -0.39 is 6.10 Å². The molecule has 0 saturated heterocycles. The Kier molecular flexibility index (Phi) is 10.5. The molecule has 4 N–H and O–H groups in total. The number of aliphatic hydroxyl groups is 2. The number of amides is 1. The van der Waals surface area contributed by atoms with Gasteiger partial charge in [0.2, 0.25) is 5.91 Å². The third kappa shape index (κ3) is 7.80. The fraction of sp³-hybridized carbons (Fsp3) is 0.542. The van der Waals surface area contributed by atoms with E-state index >= 15 is 0 Å². The summed E-state index contributed by atoms with van der Waals surface area (Å²) in [5.41, 5.74) is 5.16. The second-order valence-electron chi connectivity index (χ2n) is 8.12. The Balaban J connectivity index is 1.89. The van der Waals surface area contributed by atoms with Crippen LogP contribution in [0.25, 0.3) is 0 Å². The molecule has 1 saturated carbocycles. The second-order valence-corrected chi connectivity index (χ2v) is 10.3. The van der Waals surface area contributed by atoms with Crippen molar-refractivity contribution < 1.29 is 15.0 Å². The van der Waals surface area contributed by atoms with Gasteiger partial charge in [0.25, 0.3) is 0 Å². The van der Waals surface area contributed by atoms with E-state index in [-0.39, 0.29) is 29.8 Å². The summed E-state index contributed by atoms with van der Waals surface area (Å²) in [6.45, 7) is 6.03. The zero-order chi connectivity index (χ0) is 22.1. The molecule has 166 valence electrons. The topological polar surface area (TPSA) is 83.5 Å². The van der Waals surface area contributed by atoms with Crippen molar-refractivity contribution in [3.8, 4) is 0 Å². The lowest BCUT2D eigenvalue weighted by Crippen LogP contribution is -2.18. The fourth-order valence-corrected chi connectivity index (χ4v) is 5.70. The SMILES string of the molecule is C=CC1CC(O)[C@H](CC=CCCCC(N)=O)[C@H]1C=C[C@@H](O)CCc1cc(Br)c(C)s1. The molecule has 1 aromatic heterocycles. The standard InChI is InChI=1S/C24H34BrNO3S/c1-3-17-14-23(28)21(8-6-4-5-7-9-24(26)29)20(17)13-11-18(27)10-12-19-15-22(25)16(2)30-19/h3-4,6,11,13,15,17-18,20-21,23,27-28H,1,5,7-10,12,14H2,2H3,(H2,26,29)/t17?,18-,20-,21+,23?/m0/s1. The quantitative estimate of drug-likeness (QED) is 0.279. The molecule has 1 heterocycles. The van der Waals surface area contributed by atoms with Crippen LogP contribution in [0.4, 0.5) is 0 Å². The molecule has 0 aliphatic heterocycles. The maximum atomic E-state index is 10.8. The van der Waals surface area contributed by atoms with E-state index in [9.17, 15) is 15.0 Å². The number of halogens is 1. The average molecular weight is 497 g/mol. The molecule has 5 atom stereocenters. The zero-order valence-electron chi connectivity index (χ0n) is 17.7. The van der Waals surface area contributed by atoms with Gasteiger partial charge in [0.15, 0.2) is 0 Å². The van der Waals surface area contributed by atoms with Crippen molar-refractivity contribution in [1.29, 1.82) is 0 Å². The fourth-order valence-electron chi connectivity index (χ4n) is 4.09. The number of unbranched alkanes of at least 4 members (excludes halogenated alkanes) is 1. The molecule has 30 heavy (non-hydrogen) atoms. The number of thiophene rings is 1. The minimum absolute atomic E-state index is 0.111. The molecular formula is C24H34BrNO3S. The zero-order valence-corrected chi connectivity index (χ0v) is 20.1. The molecule has 1 aromatic rings. The molecule has 0 bridgehead atoms. The maximum Gasteiger partial charge on any atom is 0.217 e. The number of carbonyl (C=O) groups is 1. The summed E-state index contributed by atoms with van der Waals surface area (Å²) in [4.78, 5) is 13.3. The molecule has 4 nitrogen and oxygen atoms in total. The molecule has 2 rings (SSSR count). The van der Waals surface area contributed by atoms with Crippen LogP contribution in [0.1, 0.15) is 48.3 Å². The number of primary amides is 1. The Morgan fingerprint density at radius 1 is 1.47 bits per heavy atom. The molecule has 1 amide bonds. The van der Waals surface area contributed by atoms with Crippen molar-refractivity contribution in [3.05, 3.63) is 57.3 Å². The maximum absolute atomic E-state index is 10.8. The van der Waals surface area contributed by atoms with Crippen molar-refractivity contribution in [2.45, 2.75) is 64.1 Å². The number of hydrogen-bond acceptors (Lipinski definition) is 4. The number of rotatable bonds is 12. The van der Waals surface area contributed by atoms with Crippen LogP contribution in [0.3, 0.4) is 0 Å². The Bertz CT molecular complexity index is 738. The van der Waals surface area contributed by atoms with E-state index in [0.29, 0.717) is 19.3 Å². The minimum Gasteiger partial charge on any atom is -0.393 e. The summed E-state index contributed by atoms with van der Waals surface area (Å²) < 4.78 is 1.13. The van der Waals surface area contributed by atoms with Crippen molar-refractivity contribution in [2.75, 3.05) is 0 Å². The summed E-state index contributed by atoms with van der Waals surface area (Å²) in [7, 11) is 0. The Labute approximate surface area is 192 Å². The predicted octanol–water partition coefficient (Wildman–Crippen LogP) is 5.07. The van der Waals surface area contributed by atoms with E-state index in [0.717, 1.165) is 30.2 Å². The van der Waals surface area contributed by atoms with E-state index in [1.807, 2.05) is 12.2 Å². The van der Waals surface area contributed by atoms with Gasteiger partial charge in [0.1, 0.15) is 0 Å². The van der Waals surface area contributed by atoms with Gasteiger partial charge >= 0.3 is 0 Å². The van der Waals surface area contributed by atoms with Gasteiger partial charge in [-0.05, 0) is 85.2 Å². The first kappa shape index (κ1) is 25.1. The number of nitrogens with two attached hydrogens (primary N) is 1. The Hall–Kier alpha value is -1.21. The number of hydrogen-bond donors (Lipinski definition) is 3. The van der Waals surface area contributed by atoms with Gasteiger partial charge in [-0.25, -0.2) is 0 Å². The highest BCUT2D eigenvalue weighted by atomic mass is 79.9. The molecule has 6 heteroatoms. The molecule has 2 unspecified atom stereocenters. The molecule has 1 fully saturated rings. The smallest absolute Gasteiger partial charge is 0.217 e. The first-order chi connectivity index (χ1) is 14.3. The molecular weight excluding hydrogens is 462 g/mol. The highest BCUT2D eigenvalue weighted by molar-refractivity contribution is 9.10. The van der Waals surface area contributed by atoms with E-state index in [1.54, 1.807) is 11.3 Å². The Morgan fingerprint density at radius 2 is 2.23 bits per heavy atom. The number of allylic oxidation sites excluding steroid dienone is 4. The normalized spacial score (nSPS) is 25.3. The van der Waals surface area contributed by atoms with Crippen LogP contribution < -0.4 is 5.73 Å². The van der Waals surface area contributed by atoms with Crippen LogP contribution in [0, 0.1) is 24.7 Å². The van der Waals surface area contributed by atoms with Crippen molar-refractivity contribution in [3.63, 3.8) is 0 Å². The van der Waals surface area contributed by atoms with Crippen molar-refractivity contribution in [1.82, 2.24) is 0 Å². The largest absolute Gasteiger partial charge is 0.393 e. The Morgan fingerprint density at radius 3 is 2.87 bits per heavy atom. The van der Waals surface area contributed by atoms with E-state index in [2.05, 4.69) is 53.7 Å². The van der Waals surface area contributed by atoms with E-state index in [4.69, 9.17) is 5.73 Å². The van der Waals surface area contributed by atoms with Crippen molar-refractivity contribution in [2.24, 2.45) is 23.5 Å². The van der Waals surface area contributed by atoms with Gasteiger partial charge in [-0.3, -0.25) is 4.79 Å². The van der Waals surface area contributed by atoms with Crippen LogP contribution in [-0.2, 0) is 11.2 Å². The number of aryl methyl sites for hydroxylation is 2.